The van der Waals surface area contributed by atoms with E-state index in [0.29, 0.717) is 12.2 Å². The number of likely N-dealkylation sites (tertiary alicyclic amines) is 1. The molecule has 1 aliphatic heterocycles. The van der Waals surface area contributed by atoms with E-state index >= 15 is 0 Å². The summed E-state index contributed by atoms with van der Waals surface area (Å²) in [5, 5.41) is 0. The van der Waals surface area contributed by atoms with Gasteiger partial charge in [0.25, 0.3) is 0 Å². The fourth-order valence-electron chi connectivity index (χ4n) is 2.55. The lowest BCUT2D eigenvalue weighted by Gasteiger charge is -2.30. The molecule has 1 amide bonds. The van der Waals surface area contributed by atoms with Crippen molar-refractivity contribution in [2.45, 2.75) is 26.7 Å². The molecule has 0 aromatic carbocycles. The van der Waals surface area contributed by atoms with Crippen molar-refractivity contribution in [1.29, 1.82) is 0 Å². The number of carbonyl (C=O) groups is 1. The summed E-state index contributed by atoms with van der Waals surface area (Å²) >= 11 is 0. The van der Waals surface area contributed by atoms with Gasteiger partial charge in [-0.15, -0.1) is 0 Å². The number of hydrogen-bond donors (Lipinski definition) is 1. The molecule has 0 spiro atoms. The number of carbonyl (C=O) groups excluding carboxylic acids is 1. The highest BCUT2D eigenvalue weighted by Gasteiger charge is 2.21. The fourth-order valence-corrected chi connectivity index (χ4v) is 2.55. The molecule has 0 bridgehead atoms. The van der Waals surface area contributed by atoms with Crippen LogP contribution >= 0.6 is 0 Å². The Labute approximate surface area is 145 Å². The molecule has 1 unspecified atom stereocenters. The molecule has 130 valence electrons. The van der Waals surface area contributed by atoms with E-state index in [2.05, 4.69) is 24.6 Å². The smallest absolute Gasteiger partial charge is 0.246 e. The SMILES string of the molecule is C=C(N)/C=C1/CN(C(=O)/C=C/C(C)/C=C\C=NC)CC/C1=C/CC. The summed E-state index contributed by atoms with van der Waals surface area (Å²) in [6.45, 7) is 9.21. The lowest BCUT2D eigenvalue weighted by atomic mass is 9.95. The third-order valence-electron chi connectivity index (χ3n) is 3.74. The van der Waals surface area contributed by atoms with Gasteiger partial charge in [-0.05, 0) is 48.1 Å². The van der Waals surface area contributed by atoms with Crippen LogP contribution in [0.2, 0.25) is 0 Å². The molecule has 1 atom stereocenters. The van der Waals surface area contributed by atoms with E-state index in [1.165, 1.54) is 5.57 Å². The summed E-state index contributed by atoms with van der Waals surface area (Å²) in [6, 6.07) is 0. The van der Waals surface area contributed by atoms with Gasteiger partial charge in [0, 0.05) is 32.0 Å². The minimum Gasteiger partial charge on any atom is -0.399 e. The first-order valence-electron chi connectivity index (χ1n) is 8.38. The summed E-state index contributed by atoms with van der Waals surface area (Å²) in [5.74, 6) is 0.217. The molecular formula is C20H29N3O. The molecule has 0 radical (unpaired) electrons. The molecular weight excluding hydrogens is 298 g/mol. The fraction of sp³-hybridized carbons (Fsp3) is 0.400. The van der Waals surface area contributed by atoms with Crippen LogP contribution in [0.4, 0.5) is 0 Å². The molecule has 0 aliphatic carbocycles. The quantitative estimate of drug-likeness (QED) is 0.600. The maximum atomic E-state index is 12.4. The minimum absolute atomic E-state index is 0.0310. The number of allylic oxidation sites excluding steroid dienone is 5. The van der Waals surface area contributed by atoms with Gasteiger partial charge in [-0.1, -0.05) is 38.7 Å². The topological polar surface area (TPSA) is 58.7 Å². The first-order valence-corrected chi connectivity index (χ1v) is 8.38. The van der Waals surface area contributed by atoms with Crippen LogP contribution in [0.5, 0.6) is 0 Å². The number of nitrogens with zero attached hydrogens (tertiary/aromatic N) is 2. The number of aliphatic imine (C=N–C) groups is 1. The van der Waals surface area contributed by atoms with Crippen LogP contribution in [0.25, 0.3) is 0 Å². The summed E-state index contributed by atoms with van der Waals surface area (Å²) in [7, 11) is 1.73. The molecule has 1 fully saturated rings. The van der Waals surface area contributed by atoms with Gasteiger partial charge in [-0.3, -0.25) is 9.79 Å². The number of amides is 1. The predicted molar refractivity (Wildman–Crippen MR) is 103 cm³/mol. The Kier molecular flexibility index (Phi) is 8.55. The Hall–Kier alpha value is -2.36. The summed E-state index contributed by atoms with van der Waals surface area (Å²) in [6.07, 6.45) is 15.1. The first kappa shape index (κ1) is 19.7. The van der Waals surface area contributed by atoms with Crippen molar-refractivity contribution in [3.05, 3.63) is 59.9 Å². The maximum Gasteiger partial charge on any atom is 0.246 e. The Balaban J connectivity index is 2.75. The maximum absolute atomic E-state index is 12.4. The second-order valence-electron chi connectivity index (χ2n) is 5.90. The second-order valence-corrected chi connectivity index (χ2v) is 5.90. The molecule has 4 heteroatoms. The summed E-state index contributed by atoms with van der Waals surface area (Å²) in [4.78, 5) is 18.2. The van der Waals surface area contributed by atoms with Crippen molar-refractivity contribution in [3.8, 4) is 0 Å². The van der Waals surface area contributed by atoms with Crippen LogP contribution < -0.4 is 5.73 Å². The van der Waals surface area contributed by atoms with Crippen LogP contribution in [0.15, 0.2) is 64.9 Å². The number of rotatable bonds is 6. The molecule has 1 heterocycles. The molecule has 0 aromatic heterocycles. The molecule has 1 saturated heterocycles. The second kappa shape index (κ2) is 10.4. The van der Waals surface area contributed by atoms with E-state index in [-0.39, 0.29) is 11.8 Å². The molecule has 0 saturated carbocycles. The van der Waals surface area contributed by atoms with Gasteiger partial charge < -0.3 is 10.6 Å². The zero-order valence-corrected chi connectivity index (χ0v) is 15.0. The van der Waals surface area contributed by atoms with Gasteiger partial charge in [0.05, 0.1) is 0 Å². The molecule has 2 N–H and O–H groups in total. The van der Waals surface area contributed by atoms with Gasteiger partial charge in [0.2, 0.25) is 5.91 Å². The van der Waals surface area contributed by atoms with Crippen molar-refractivity contribution < 1.29 is 4.79 Å². The van der Waals surface area contributed by atoms with E-state index in [4.69, 9.17) is 5.73 Å². The Morgan fingerprint density at radius 2 is 2.17 bits per heavy atom. The van der Waals surface area contributed by atoms with Gasteiger partial charge in [-0.25, -0.2) is 0 Å². The van der Waals surface area contributed by atoms with Crippen LogP contribution in [0.3, 0.4) is 0 Å². The van der Waals surface area contributed by atoms with Gasteiger partial charge >= 0.3 is 0 Å². The average Bonchev–Trinajstić information content (AvgIpc) is 2.54. The summed E-state index contributed by atoms with van der Waals surface area (Å²) in [5.41, 5.74) is 8.61. The van der Waals surface area contributed by atoms with Gasteiger partial charge in [-0.2, -0.15) is 0 Å². The van der Waals surface area contributed by atoms with E-state index < -0.39 is 0 Å². The Morgan fingerprint density at radius 1 is 1.42 bits per heavy atom. The zero-order valence-electron chi connectivity index (χ0n) is 15.0. The molecule has 24 heavy (non-hydrogen) atoms. The first-order chi connectivity index (χ1) is 11.5. The average molecular weight is 327 g/mol. The summed E-state index contributed by atoms with van der Waals surface area (Å²) < 4.78 is 0. The van der Waals surface area contributed by atoms with Crippen molar-refractivity contribution in [2.24, 2.45) is 16.6 Å². The van der Waals surface area contributed by atoms with E-state index in [1.807, 2.05) is 36.1 Å². The predicted octanol–water partition coefficient (Wildman–Crippen LogP) is 3.40. The third kappa shape index (κ3) is 6.82. The molecule has 0 aromatic rings. The third-order valence-corrected chi connectivity index (χ3v) is 3.74. The Morgan fingerprint density at radius 3 is 2.79 bits per heavy atom. The largest absolute Gasteiger partial charge is 0.399 e. The van der Waals surface area contributed by atoms with Gasteiger partial charge in [0.15, 0.2) is 0 Å². The number of nitrogens with two attached hydrogens (primary N) is 1. The minimum atomic E-state index is 0.0310. The standard InChI is InChI=1S/C20H29N3O/c1-5-7-18-11-13-23(15-19(18)14-17(3)21)20(24)10-9-16(2)8-6-12-22-4/h6-10,12,14,16H,3,5,11,13,15,21H2,1-2,4H3/b8-6-,10-9+,18-7-,19-14-,22-12?. The molecule has 4 nitrogen and oxygen atoms in total. The van der Waals surface area contributed by atoms with Gasteiger partial charge in [0.1, 0.15) is 0 Å². The highest BCUT2D eigenvalue weighted by molar-refractivity contribution is 5.88. The highest BCUT2D eigenvalue weighted by Crippen LogP contribution is 2.23. The lowest BCUT2D eigenvalue weighted by Crippen LogP contribution is -2.36. The monoisotopic (exact) mass is 327 g/mol. The van der Waals surface area contributed by atoms with Crippen molar-refractivity contribution in [2.75, 3.05) is 20.1 Å². The van der Waals surface area contributed by atoms with E-state index in [0.717, 1.165) is 25.0 Å². The molecule has 1 aliphatic rings. The zero-order chi connectivity index (χ0) is 17.9. The van der Waals surface area contributed by atoms with Crippen LogP contribution in [-0.4, -0.2) is 37.2 Å². The molecule has 1 rings (SSSR count). The number of piperidine rings is 1. The van der Waals surface area contributed by atoms with Crippen LogP contribution in [0, 0.1) is 5.92 Å². The lowest BCUT2D eigenvalue weighted by molar-refractivity contribution is -0.125. The normalized spacial score (nSPS) is 20.7. The van der Waals surface area contributed by atoms with Crippen LogP contribution in [0.1, 0.15) is 26.7 Å². The highest BCUT2D eigenvalue weighted by atomic mass is 16.2. The van der Waals surface area contributed by atoms with Crippen LogP contribution in [-0.2, 0) is 4.79 Å². The van der Waals surface area contributed by atoms with E-state index in [9.17, 15) is 4.79 Å². The van der Waals surface area contributed by atoms with E-state index in [1.54, 1.807) is 19.3 Å². The Bertz CT molecular complexity index is 594. The van der Waals surface area contributed by atoms with Crippen molar-refractivity contribution in [1.82, 2.24) is 4.90 Å². The number of hydrogen-bond acceptors (Lipinski definition) is 3. The van der Waals surface area contributed by atoms with Crippen molar-refractivity contribution in [3.63, 3.8) is 0 Å². The van der Waals surface area contributed by atoms with Crippen molar-refractivity contribution >= 4 is 12.1 Å².